The van der Waals surface area contributed by atoms with Gasteiger partial charge in [0.05, 0.1) is 10.5 Å². The van der Waals surface area contributed by atoms with Crippen molar-refractivity contribution < 1.29 is 22.9 Å². The van der Waals surface area contributed by atoms with E-state index >= 15 is 0 Å². The monoisotopic (exact) mass is 413 g/mol. The standard InChI is InChI=1S/C20H26F3N3O3/c1-13-9-14(2)12-25(11-13)19(27)15-5-7-24(8-6-15)17-4-3-16(20(21,22)23)10-18(17)26(28)29/h3-4,10,13-15H,5-9,11-12H2,1-2H3. The second-order valence-corrected chi connectivity index (χ2v) is 8.41. The third-order valence-electron chi connectivity index (χ3n) is 5.86. The highest BCUT2D eigenvalue weighted by Crippen LogP contribution is 2.38. The molecule has 2 aliphatic rings. The predicted molar refractivity (Wildman–Crippen MR) is 103 cm³/mol. The molecule has 1 amide bonds. The lowest BCUT2D eigenvalue weighted by Gasteiger charge is -2.39. The summed E-state index contributed by atoms with van der Waals surface area (Å²) in [6.45, 7) is 6.61. The number of nitro benzene ring substituents is 1. The third-order valence-corrected chi connectivity index (χ3v) is 5.86. The lowest BCUT2D eigenvalue weighted by Crippen LogP contribution is -2.47. The van der Waals surface area contributed by atoms with Crippen molar-refractivity contribution in [3.63, 3.8) is 0 Å². The van der Waals surface area contributed by atoms with Gasteiger partial charge < -0.3 is 9.80 Å². The molecule has 3 rings (SSSR count). The van der Waals surface area contributed by atoms with Gasteiger partial charge in [-0.25, -0.2) is 0 Å². The lowest BCUT2D eigenvalue weighted by molar-refractivity contribution is -0.384. The number of nitro groups is 1. The Morgan fingerprint density at radius 1 is 1.14 bits per heavy atom. The molecule has 29 heavy (non-hydrogen) atoms. The van der Waals surface area contributed by atoms with Crippen LogP contribution in [0, 0.1) is 27.9 Å². The van der Waals surface area contributed by atoms with Crippen LogP contribution in [0.1, 0.15) is 38.7 Å². The molecule has 2 aliphatic heterocycles. The average Bonchev–Trinajstić information content (AvgIpc) is 2.65. The van der Waals surface area contributed by atoms with Gasteiger partial charge in [0.15, 0.2) is 0 Å². The van der Waals surface area contributed by atoms with Gasteiger partial charge in [-0.2, -0.15) is 13.2 Å². The van der Waals surface area contributed by atoms with E-state index in [1.807, 2.05) is 4.90 Å². The van der Waals surface area contributed by atoms with Gasteiger partial charge >= 0.3 is 6.18 Å². The molecular weight excluding hydrogens is 387 g/mol. The van der Waals surface area contributed by atoms with Crippen molar-refractivity contribution in [3.05, 3.63) is 33.9 Å². The SMILES string of the molecule is CC1CC(C)CN(C(=O)C2CCN(c3ccc(C(F)(F)F)cc3[N+](=O)[O-])CC2)C1. The number of carbonyl (C=O) groups excluding carboxylic acids is 1. The molecule has 0 spiro atoms. The lowest BCUT2D eigenvalue weighted by atomic mass is 9.89. The summed E-state index contributed by atoms with van der Waals surface area (Å²) < 4.78 is 38.7. The van der Waals surface area contributed by atoms with Crippen LogP contribution in [0.25, 0.3) is 0 Å². The fourth-order valence-corrected chi connectivity index (χ4v) is 4.58. The van der Waals surface area contributed by atoms with Crippen LogP contribution < -0.4 is 4.90 Å². The van der Waals surface area contributed by atoms with E-state index in [4.69, 9.17) is 0 Å². The van der Waals surface area contributed by atoms with E-state index in [1.165, 1.54) is 0 Å². The van der Waals surface area contributed by atoms with E-state index in [0.29, 0.717) is 43.8 Å². The molecule has 2 saturated heterocycles. The molecule has 0 N–H and O–H groups in total. The van der Waals surface area contributed by atoms with Crippen molar-refractivity contribution in [3.8, 4) is 0 Å². The molecular formula is C20H26F3N3O3. The fraction of sp³-hybridized carbons (Fsp3) is 0.650. The largest absolute Gasteiger partial charge is 0.416 e. The summed E-state index contributed by atoms with van der Waals surface area (Å²) in [6.07, 6.45) is -2.45. The Bertz CT molecular complexity index is 766. The van der Waals surface area contributed by atoms with Crippen molar-refractivity contribution >= 4 is 17.3 Å². The number of benzene rings is 1. The van der Waals surface area contributed by atoms with E-state index in [2.05, 4.69) is 13.8 Å². The highest BCUT2D eigenvalue weighted by molar-refractivity contribution is 5.79. The van der Waals surface area contributed by atoms with Crippen LogP contribution in [0.5, 0.6) is 0 Å². The summed E-state index contributed by atoms with van der Waals surface area (Å²) in [5.74, 6) is 0.928. The number of hydrogen-bond acceptors (Lipinski definition) is 4. The first kappa shape index (κ1) is 21.4. The molecule has 2 fully saturated rings. The van der Waals surface area contributed by atoms with Crippen molar-refractivity contribution in [2.24, 2.45) is 17.8 Å². The Hall–Kier alpha value is -2.32. The zero-order chi connectivity index (χ0) is 21.3. The number of likely N-dealkylation sites (tertiary alicyclic amines) is 1. The Kier molecular flexibility index (Phi) is 6.05. The van der Waals surface area contributed by atoms with Gasteiger partial charge in [-0.15, -0.1) is 0 Å². The minimum Gasteiger partial charge on any atom is -0.366 e. The van der Waals surface area contributed by atoms with Crippen molar-refractivity contribution in [1.82, 2.24) is 4.90 Å². The summed E-state index contributed by atoms with van der Waals surface area (Å²) in [6, 6.07) is 2.62. The molecule has 0 saturated carbocycles. The fourth-order valence-electron chi connectivity index (χ4n) is 4.58. The van der Waals surface area contributed by atoms with E-state index in [-0.39, 0.29) is 17.5 Å². The predicted octanol–water partition coefficient (Wildman–Crippen LogP) is 4.33. The topological polar surface area (TPSA) is 66.7 Å². The number of halogens is 3. The molecule has 2 heterocycles. The summed E-state index contributed by atoms with van der Waals surface area (Å²) >= 11 is 0. The summed E-state index contributed by atoms with van der Waals surface area (Å²) in [4.78, 5) is 27.1. The van der Waals surface area contributed by atoms with Crippen LogP contribution in [0.3, 0.4) is 0 Å². The smallest absolute Gasteiger partial charge is 0.366 e. The van der Waals surface area contributed by atoms with E-state index < -0.39 is 22.4 Å². The highest BCUT2D eigenvalue weighted by atomic mass is 19.4. The van der Waals surface area contributed by atoms with Gasteiger partial charge in [-0.05, 0) is 43.2 Å². The summed E-state index contributed by atoms with van der Waals surface area (Å²) in [7, 11) is 0. The minimum absolute atomic E-state index is 0.130. The van der Waals surface area contributed by atoms with Crippen LogP contribution >= 0.6 is 0 Å². The summed E-state index contributed by atoms with van der Waals surface area (Å²) in [5, 5.41) is 11.3. The van der Waals surface area contributed by atoms with Gasteiger partial charge in [0.1, 0.15) is 5.69 Å². The molecule has 0 aromatic heterocycles. The van der Waals surface area contributed by atoms with Crippen LogP contribution in [0.2, 0.25) is 0 Å². The zero-order valence-electron chi connectivity index (χ0n) is 16.6. The maximum atomic E-state index is 12.9. The minimum atomic E-state index is -4.63. The number of nitrogens with zero attached hydrogens (tertiary/aromatic N) is 3. The van der Waals surface area contributed by atoms with Gasteiger partial charge in [-0.1, -0.05) is 13.8 Å². The van der Waals surface area contributed by atoms with Crippen LogP contribution in [0.4, 0.5) is 24.5 Å². The van der Waals surface area contributed by atoms with E-state index in [9.17, 15) is 28.1 Å². The molecule has 2 atom stereocenters. The quantitative estimate of drug-likeness (QED) is 0.546. The number of amides is 1. The summed E-state index contributed by atoms with van der Waals surface area (Å²) in [5.41, 5.74) is -1.41. The van der Waals surface area contributed by atoms with Gasteiger partial charge in [0.2, 0.25) is 5.91 Å². The second kappa shape index (κ2) is 8.20. The zero-order valence-corrected chi connectivity index (χ0v) is 16.6. The second-order valence-electron chi connectivity index (χ2n) is 8.41. The van der Waals surface area contributed by atoms with Crippen LogP contribution in [0.15, 0.2) is 18.2 Å². The molecule has 0 aliphatic carbocycles. The van der Waals surface area contributed by atoms with Crippen LogP contribution in [-0.2, 0) is 11.0 Å². The molecule has 160 valence electrons. The number of anilines is 1. The number of hydrogen-bond donors (Lipinski definition) is 0. The number of rotatable bonds is 3. The first-order valence-electron chi connectivity index (χ1n) is 9.95. The Labute approximate surface area is 167 Å². The normalized spacial score (nSPS) is 23.9. The molecule has 1 aromatic carbocycles. The molecule has 9 heteroatoms. The molecule has 1 aromatic rings. The maximum absolute atomic E-state index is 12.9. The Balaban J connectivity index is 1.69. The molecule has 6 nitrogen and oxygen atoms in total. The number of carbonyl (C=O) groups is 1. The third kappa shape index (κ3) is 4.82. The average molecular weight is 413 g/mol. The maximum Gasteiger partial charge on any atom is 0.416 e. The Morgan fingerprint density at radius 2 is 1.72 bits per heavy atom. The van der Waals surface area contributed by atoms with E-state index in [1.54, 1.807) is 4.90 Å². The van der Waals surface area contributed by atoms with Crippen molar-refractivity contribution in [2.45, 2.75) is 39.3 Å². The molecule has 0 bridgehead atoms. The number of piperidine rings is 2. The molecule has 0 radical (unpaired) electrons. The first-order chi connectivity index (χ1) is 13.6. The van der Waals surface area contributed by atoms with Crippen molar-refractivity contribution in [2.75, 3.05) is 31.1 Å². The van der Waals surface area contributed by atoms with Crippen molar-refractivity contribution in [1.29, 1.82) is 0 Å². The molecule has 2 unspecified atom stereocenters. The first-order valence-corrected chi connectivity index (χ1v) is 9.95. The van der Waals surface area contributed by atoms with Gasteiger partial charge in [0.25, 0.3) is 5.69 Å². The van der Waals surface area contributed by atoms with Gasteiger partial charge in [-0.3, -0.25) is 14.9 Å². The van der Waals surface area contributed by atoms with Gasteiger partial charge in [0, 0.05) is 38.2 Å². The van der Waals surface area contributed by atoms with Crippen LogP contribution in [-0.4, -0.2) is 41.9 Å². The highest BCUT2D eigenvalue weighted by Gasteiger charge is 2.36. The number of alkyl halides is 3. The Morgan fingerprint density at radius 3 is 2.24 bits per heavy atom. The van der Waals surface area contributed by atoms with E-state index in [0.717, 1.165) is 31.6 Å².